The first-order chi connectivity index (χ1) is 12.7. The monoisotopic (exact) mass is 373 g/mol. The summed E-state index contributed by atoms with van der Waals surface area (Å²) in [5.74, 6) is 3.31. The van der Waals surface area contributed by atoms with Crippen LogP contribution in [0.3, 0.4) is 0 Å². The molecule has 1 saturated heterocycles. The summed E-state index contributed by atoms with van der Waals surface area (Å²) in [6.45, 7) is 11.6. The van der Waals surface area contributed by atoms with E-state index in [1.807, 2.05) is 6.08 Å². The van der Waals surface area contributed by atoms with Gasteiger partial charge in [-0.25, -0.2) is 0 Å². The maximum absolute atomic E-state index is 12.1. The minimum absolute atomic E-state index is 0.198. The topological polar surface area (TPSA) is 29.5 Å². The Hall–Kier alpha value is -0.830. The Morgan fingerprint density at radius 2 is 2.04 bits per heavy atom. The van der Waals surface area contributed by atoms with Crippen molar-refractivity contribution in [3.05, 3.63) is 11.8 Å². The molecule has 1 aliphatic heterocycles. The molecule has 2 saturated carbocycles. The molecule has 3 aliphatic carbocycles. The number of fused-ring (bicyclic) bond motifs is 5. The van der Waals surface area contributed by atoms with Crippen molar-refractivity contribution in [3.8, 4) is 0 Å². The highest BCUT2D eigenvalue weighted by atomic mass is 16.5. The predicted octanol–water partition coefficient (Wildman–Crippen LogP) is 5.06. The molecule has 3 heteroatoms. The lowest BCUT2D eigenvalue weighted by Gasteiger charge is -2.59. The van der Waals surface area contributed by atoms with Crippen LogP contribution in [0, 0.1) is 34.5 Å². The lowest BCUT2D eigenvalue weighted by Crippen LogP contribution is -2.56. The van der Waals surface area contributed by atoms with Crippen molar-refractivity contribution in [1.82, 2.24) is 4.90 Å². The van der Waals surface area contributed by atoms with Crippen LogP contribution >= 0.6 is 0 Å². The molecular formula is C24H39NO2. The highest BCUT2D eigenvalue weighted by molar-refractivity contribution is 5.91. The number of carbonyl (C=O) groups is 1. The van der Waals surface area contributed by atoms with Gasteiger partial charge in [-0.15, -0.1) is 0 Å². The van der Waals surface area contributed by atoms with E-state index in [0.29, 0.717) is 17.3 Å². The van der Waals surface area contributed by atoms with Crippen molar-refractivity contribution < 1.29 is 9.53 Å². The molecule has 152 valence electrons. The Bertz CT molecular complexity index is 626. The number of likely N-dealkylation sites (tertiary alicyclic amines) is 1. The SMILES string of the molecule is CC(C)CCO[C@H]1C[C@H]2[C@@H]3CN(C)C4=CC(=O)CC[C@]4(C)[C@H]3CC[C@]2(C)C1. The number of ketones is 1. The summed E-state index contributed by atoms with van der Waals surface area (Å²) in [7, 11) is 2.22. The van der Waals surface area contributed by atoms with Gasteiger partial charge >= 0.3 is 0 Å². The maximum atomic E-state index is 12.1. The average molecular weight is 374 g/mol. The smallest absolute Gasteiger partial charge is 0.157 e. The highest BCUT2D eigenvalue weighted by Gasteiger charge is 2.59. The molecule has 6 atom stereocenters. The average Bonchev–Trinajstić information content (AvgIpc) is 2.93. The Morgan fingerprint density at radius 3 is 2.78 bits per heavy atom. The Labute approximate surface area is 165 Å². The molecule has 0 amide bonds. The fourth-order valence-electron chi connectivity index (χ4n) is 7.16. The predicted molar refractivity (Wildman–Crippen MR) is 109 cm³/mol. The Morgan fingerprint density at radius 1 is 1.26 bits per heavy atom. The molecule has 0 N–H and O–H groups in total. The van der Waals surface area contributed by atoms with Crippen LogP contribution in [0.1, 0.15) is 72.6 Å². The van der Waals surface area contributed by atoms with E-state index in [-0.39, 0.29) is 5.41 Å². The second-order valence-corrected chi connectivity index (χ2v) is 11.0. The minimum atomic E-state index is 0.198. The highest BCUT2D eigenvalue weighted by Crippen LogP contribution is 2.64. The van der Waals surface area contributed by atoms with Gasteiger partial charge in [0, 0.05) is 43.8 Å². The van der Waals surface area contributed by atoms with E-state index < -0.39 is 0 Å². The van der Waals surface area contributed by atoms with Crippen LogP contribution in [0.4, 0.5) is 0 Å². The summed E-state index contributed by atoms with van der Waals surface area (Å²) in [5.41, 5.74) is 1.97. The number of hydrogen-bond donors (Lipinski definition) is 0. The van der Waals surface area contributed by atoms with Gasteiger partial charge in [0.1, 0.15) is 0 Å². The summed E-state index contributed by atoms with van der Waals surface area (Å²) in [6, 6.07) is 0. The first kappa shape index (κ1) is 19.5. The van der Waals surface area contributed by atoms with Gasteiger partial charge in [-0.05, 0) is 67.6 Å². The fraction of sp³-hybridized carbons (Fsp3) is 0.875. The number of carbonyl (C=O) groups excluding carboxylic acids is 1. The second kappa shape index (κ2) is 6.90. The third kappa shape index (κ3) is 3.28. The van der Waals surface area contributed by atoms with Gasteiger partial charge in [-0.2, -0.15) is 0 Å². The summed E-state index contributed by atoms with van der Waals surface area (Å²) in [6.07, 6.45) is 10.5. The van der Waals surface area contributed by atoms with E-state index in [2.05, 4.69) is 39.6 Å². The van der Waals surface area contributed by atoms with Gasteiger partial charge in [0.25, 0.3) is 0 Å². The number of allylic oxidation sites excluding steroid dienone is 2. The molecular weight excluding hydrogens is 334 g/mol. The Kier molecular flexibility index (Phi) is 4.98. The Balaban J connectivity index is 1.53. The summed E-state index contributed by atoms with van der Waals surface area (Å²) < 4.78 is 6.35. The molecule has 0 aromatic rings. The molecule has 0 aromatic carbocycles. The normalized spacial score (nSPS) is 44.0. The second-order valence-electron chi connectivity index (χ2n) is 11.0. The van der Waals surface area contributed by atoms with Crippen LogP contribution in [0.5, 0.6) is 0 Å². The van der Waals surface area contributed by atoms with Crippen LogP contribution in [0.2, 0.25) is 0 Å². The van der Waals surface area contributed by atoms with Crippen LogP contribution in [-0.4, -0.2) is 37.0 Å². The van der Waals surface area contributed by atoms with Crippen LogP contribution in [0.15, 0.2) is 11.8 Å². The molecule has 0 aromatic heterocycles. The van der Waals surface area contributed by atoms with Gasteiger partial charge < -0.3 is 9.64 Å². The van der Waals surface area contributed by atoms with Crippen molar-refractivity contribution in [2.75, 3.05) is 20.2 Å². The standard InChI is InChI=1S/C24H39NO2/c1-16(2)8-11-27-18-13-21-19-15-25(5)22-12-17(26)6-10-24(22,4)20(19)7-9-23(21,3)14-18/h12,16,18-21H,6-11,13-15H2,1-5H3/t18-,19+,20-,21-,23+,24+/m0/s1. The zero-order valence-corrected chi connectivity index (χ0v) is 18.1. The van der Waals surface area contributed by atoms with Crippen LogP contribution in [0.25, 0.3) is 0 Å². The van der Waals surface area contributed by atoms with Crippen molar-refractivity contribution in [2.45, 2.75) is 78.7 Å². The molecule has 0 bridgehead atoms. The summed E-state index contributed by atoms with van der Waals surface area (Å²) in [4.78, 5) is 14.5. The minimum Gasteiger partial charge on any atom is -0.378 e. The van der Waals surface area contributed by atoms with E-state index in [1.54, 1.807) is 0 Å². The van der Waals surface area contributed by atoms with E-state index in [9.17, 15) is 4.79 Å². The third-order valence-electron chi connectivity index (χ3n) is 8.70. The van der Waals surface area contributed by atoms with Crippen LogP contribution in [-0.2, 0) is 9.53 Å². The van der Waals surface area contributed by atoms with Gasteiger partial charge in [0.2, 0.25) is 0 Å². The van der Waals surface area contributed by atoms with Crippen molar-refractivity contribution in [2.24, 2.45) is 34.5 Å². The van der Waals surface area contributed by atoms with E-state index >= 15 is 0 Å². The molecule has 0 radical (unpaired) electrons. The largest absolute Gasteiger partial charge is 0.378 e. The molecule has 4 aliphatic rings. The molecule has 0 unspecified atom stereocenters. The lowest BCUT2D eigenvalue weighted by molar-refractivity contribution is -0.118. The zero-order valence-electron chi connectivity index (χ0n) is 18.1. The molecule has 0 spiro atoms. The lowest BCUT2D eigenvalue weighted by atomic mass is 9.50. The number of piperidine rings is 1. The number of ether oxygens (including phenoxy) is 1. The van der Waals surface area contributed by atoms with Crippen molar-refractivity contribution >= 4 is 5.78 Å². The van der Waals surface area contributed by atoms with Gasteiger partial charge in [-0.1, -0.05) is 27.7 Å². The van der Waals surface area contributed by atoms with E-state index in [4.69, 9.17) is 4.74 Å². The van der Waals surface area contributed by atoms with Crippen molar-refractivity contribution in [1.29, 1.82) is 0 Å². The molecule has 27 heavy (non-hydrogen) atoms. The number of rotatable bonds is 4. The van der Waals surface area contributed by atoms with Crippen molar-refractivity contribution in [3.63, 3.8) is 0 Å². The van der Waals surface area contributed by atoms with Gasteiger partial charge in [-0.3, -0.25) is 4.79 Å². The quantitative estimate of drug-likeness (QED) is 0.690. The summed E-state index contributed by atoms with van der Waals surface area (Å²) in [5, 5.41) is 0. The van der Waals surface area contributed by atoms with Crippen LogP contribution < -0.4 is 0 Å². The van der Waals surface area contributed by atoms with E-state index in [1.165, 1.54) is 37.8 Å². The van der Waals surface area contributed by atoms with Gasteiger partial charge in [0.05, 0.1) is 6.10 Å². The van der Waals surface area contributed by atoms with E-state index in [0.717, 1.165) is 49.7 Å². The number of nitrogens with zero attached hydrogens (tertiary/aromatic N) is 1. The van der Waals surface area contributed by atoms with Gasteiger partial charge in [0.15, 0.2) is 5.78 Å². The first-order valence-electron chi connectivity index (χ1n) is 11.3. The molecule has 3 fully saturated rings. The zero-order chi connectivity index (χ0) is 19.4. The fourth-order valence-corrected chi connectivity index (χ4v) is 7.16. The molecule has 3 nitrogen and oxygen atoms in total. The summed E-state index contributed by atoms with van der Waals surface area (Å²) >= 11 is 0. The molecule has 4 rings (SSSR count). The molecule has 1 heterocycles. The number of hydrogen-bond acceptors (Lipinski definition) is 3. The maximum Gasteiger partial charge on any atom is 0.157 e. The third-order valence-corrected chi connectivity index (χ3v) is 8.70. The first-order valence-corrected chi connectivity index (χ1v) is 11.3.